The maximum absolute atomic E-state index is 5.58. The topological polar surface area (TPSA) is 29.0 Å². The molecule has 1 aliphatic rings. The van der Waals surface area contributed by atoms with Crippen molar-refractivity contribution >= 4 is 11.9 Å². The number of hydrogen-bond donors (Lipinski definition) is 1. The predicted molar refractivity (Wildman–Crippen MR) is 41.7 cm³/mol. The van der Waals surface area contributed by atoms with Crippen LogP contribution in [0, 0.1) is 0 Å². The number of nitrogen functional groups attached to an aromatic ring is 1. The Balaban J connectivity index is 2.86. The first-order valence-corrected chi connectivity index (χ1v) is 3.24. The zero-order valence-electron chi connectivity index (χ0n) is 5.83. The van der Waals surface area contributed by atoms with Crippen LogP contribution in [0.25, 0.3) is 6.20 Å². The van der Waals surface area contributed by atoms with E-state index in [4.69, 9.17) is 5.73 Å². The van der Waals surface area contributed by atoms with Crippen LogP contribution < -0.4 is 20.9 Å². The van der Waals surface area contributed by atoms with Crippen LogP contribution in [0.3, 0.4) is 0 Å². The third-order valence-electron chi connectivity index (χ3n) is 1.77. The van der Waals surface area contributed by atoms with Gasteiger partial charge in [-0.25, -0.2) is 0 Å². The lowest BCUT2D eigenvalue weighted by molar-refractivity contribution is 0.878. The molecule has 2 N–H and O–H groups in total. The molecular formula is C8H9N2+. The zero-order chi connectivity index (χ0) is 7.14. The molecule has 0 saturated carbocycles. The van der Waals surface area contributed by atoms with Gasteiger partial charge in [0.2, 0.25) is 5.36 Å². The van der Waals surface area contributed by atoms with Gasteiger partial charge in [0.05, 0.1) is 0 Å². The minimum atomic E-state index is 0.832. The Morgan fingerprint density at radius 3 is 2.80 bits per heavy atom. The Kier molecular flexibility index (Phi) is 0.873. The van der Waals surface area contributed by atoms with Gasteiger partial charge in [0.25, 0.3) is 0 Å². The van der Waals surface area contributed by atoms with Crippen molar-refractivity contribution in [2.24, 2.45) is 0 Å². The third kappa shape index (κ3) is 0.559. The van der Waals surface area contributed by atoms with Crippen LogP contribution in [0.5, 0.6) is 0 Å². The first-order chi connectivity index (χ1) is 4.77. The summed E-state index contributed by atoms with van der Waals surface area (Å²) in [5, 5.41) is 2.50. The van der Waals surface area contributed by atoms with Gasteiger partial charge in [0.1, 0.15) is 12.3 Å². The van der Waals surface area contributed by atoms with Crippen molar-refractivity contribution in [2.75, 3.05) is 12.8 Å². The van der Waals surface area contributed by atoms with E-state index in [1.54, 1.807) is 0 Å². The number of benzene rings is 1. The highest BCUT2D eigenvalue weighted by molar-refractivity contribution is 5.42. The molecule has 2 heteroatoms. The number of nitrogens with zero attached hydrogens (tertiary/aromatic N) is 1. The molecule has 0 saturated heterocycles. The Morgan fingerprint density at radius 2 is 2.20 bits per heavy atom. The Bertz CT molecular complexity index is 390. The molecule has 0 spiro atoms. The van der Waals surface area contributed by atoms with Gasteiger partial charge in [0.15, 0.2) is 6.20 Å². The number of anilines is 1. The summed E-state index contributed by atoms with van der Waals surface area (Å²) in [5.74, 6) is 0. The summed E-state index contributed by atoms with van der Waals surface area (Å²) in [4.78, 5) is 0. The van der Waals surface area contributed by atoms with E-state index in [0.29, 0.717) is 0 Å². The second-order valence-electron chi connectivity index (χ2n) is 2.56. The molecule has 0 unspecified atom stereocenters. The van der Waals surface area contributed by atoms with Crippen LogP contribution in [0.1, 0.15) is 0 Å². The average molecular weight is 133 g/mol. The van der Waals surface area contributed by atoms with E-state index >= 15 is 0 Å². The van der Waals surface area contributed by atoms with E-state index < -0.39 is 0 Å². The Morgan fingerprint density at radius 1 is 1.40 bits per heavy atom. The second-order valence-corrected chi connectivity index (χ2v) is 2.56. The van der Waals surface area contributed by atoms with Crippen molar-refractivity contribution in [2.45, 2.75) is 0 Å². The van der Waals surface area contributed by atoms with Crippen LogP contribution in [-0.2, 0) is 0 Å². The molecule has 10 heavy (non-hydrogen) atoms. The molecular weight excluding hydrogens is 124 g/mol. The van der Waals surface area contributed by atoms with E-state index in [1.165, 1.54) is 10.6 Å². The lowest BCUT2D eigenvalue weighted by Crippen LogP contribution is -2.44. The molecule has 1 aromatic carbocycles. The van der Waals surface area contributed by atoms with Crippen LogP contribution in [0.15, 0.2) is 18.2 Å². The largest absolute Gasteiger partial charge is 0.399 e. The van der Waals surface area contributed by atoms with Crippen molar-refractivity contribution in [1.29, 1.82) is 0 Å². The summed E-state index contributed by atoms with van der Waals surface area (Å²) < 4.78 is 2.06. The van der Waals surface area contributed by atoms with Gasteiger partial charge in [-0.05, 0) is 12.1 Å². The van der Waals surface area contributed by atoms with E-state index in [-0.39, 0.29) is 0 Å². The normalized spacial score (nSPS) is 13.5. The van der Waals surface area contributed by atoms with E-state index in [0.717, 1.165) is 5.69 Å². The Labute approximate surface area is 58.9 Å². The molecule has 1 aromatic rings. The van der Waals surface area contributed by atoms with E-state index in [2.05, 4.69) is 10.8 Å². The lowest BCUT2D eigenvalue weighted by atomic mass is 10.2. The van der Waals surface area contributed by atoms with Gasteiger partial charge in [-0.1, -0.05) is 0 Å². The van der Waals surface area contributed by atoms with Gasteiger partial charge in [-0.15, -0.1) is 0 Å². The van der Waals surface area contributed by atoms with Gasteiger partial charge < -0.3 is 5.73 Å². The lowest BCUT2D eigenvalue weighted by Gasteiger charge is -1.98. The molecule has 0 fully saturated rings. The fraction of sp³-hybridized carbons (Fsp3) is 0.125. The molecule has 0 bridgehead atoms. The number of nitrogens with two attached hydrogens (primary N) is 1. The van der Waals surface area contributed by atoms with Crippen LogP contribution in [0.2, 0.25) is 0 Å². The number of fused-ring (bicyclic) bond motifs is 1. The smallest absolute Gasteiger partial charge is 0.220 e. The van der Waals surface area contributed by atoms with Gasteiger partial charge >= 0.3 is 0 Å². The number of hydrogen-bond acceptors (Lipinski definition) is 1. The maximum atomic E-state index is 5.58. The summed E-state index contributed by atoms with van der Waals surface area (Å²) in [5.41, 5.74) is 6.42. The molecule has 2 nitrogen and oxygen atoms in total. The fourth-order valence-electron chi connectivity index (χ4n) is 1.19. The minimum absolute atomic E-state index is 0.832. The van der Waals surface area contributed by atoms with Crippen LogP contribution in [-0.4, -0.2) is 7.05 Å². The SMILES string of the molecule is C[N+]1=c2cc(N)ccc2=C1. The highest BCUT2D eigenvalue weighted by atomic mass is 15.0. The molecule has 0 atom stereocenters. The van der Waals surface area contributed by atoms with Crippen LogP contribution >= 0.6 is 0 Å². The first-order valence-electron chi connectivity index (χ1n) is 3.24. The van der Waals surface area contributed by atoms with Gasteiger partial charge in [0, 0.05) is 11.8 Å². The van der Waals surface area contributed by atoms with E-state index in [9.17, 15) is 0 Å². The van der Waals surface area contributed by atoms with Crippen molar-refractivity contribution in [3.8, 4) is 0 Å². The van der Waals surface area contributed by atoms with E-state index in [1.807, 2.05) is 25.2 Å². The average Bonchev–Trinajstić information content (AvgIpc) is 1.92. The summed E-state index contributed by atoms with van der Waals surface area (Å²) in [6.45, 7) is 0. The minimum Gasteiger partial charge on any atom is -0.399 e. The monoisotopic (exact) mass is 133 g/mol. The third-order valence-corrected chi connectivity index (χ3v) is 1.77. The maximum Gasteiger partial charge on any atom is 0.220 e. The molecule has 1 aliphatic heterocycles. The summed E-state index contributed by atoms with van der Waals surface area (Å²) in [7, 11) is 2.02. The Hall–Kier alpha value is -1.31. The van der Waals surface area contributed by atoms with Gasteiger partial charge in [-0.3, -0.25) is 0 Å². The second kappa shape index (κ2) is 1.59. The molecule has 0 amide bonds. The summed E-state index contributed by atoms with van der Waals surface area (Å²) in [6.07, 6.45) is 2.08. The predicted octanol–water partition coefficient (Wildman–Crippen LogP) is -0.859. The molecule has 0 aromatic heterocycles. The molecule has 0 radical (unpaired) electrons. The number of rotatable bonds is 0. The summed E-state index contributed by atoms with van der Waals surface area (Å²) in [6, 6.07) is 5.93. The molecule has 50 valence electrons. The van der Waals surface area contributed by atoms with Crippen LogP contribution in [0.4, 0.5) is 5.69 Å². The highest BCUT2D eigenvalue weighted by Gasteiger charge is 2.07. The summed E-state index contributed by atoms with van der Waals surface area (Å²) >= 11 is 0. The first kappa shape index (κ1) is 5.47. The van der Waals surface area contributed by atoms with Crippen molar-refractivity contribution in [1.82, 2.24) is 4.58 Å². The van der Waals surface area contributed by atoms with Crippen molar-refractivity contribution in [3.63, 3.8) is 0 Å². The van der Waals surface area contributed by atoms with Crippen molar-refractivity contribution in [3.05, 3.63) is 28.8 Å². The standard InChI is InChI=1S/C8H8N2/c1-10-5-6-2-3-7(9)4-8(6)10/h2-5,9H,1H3/p+1. The quantitative estimate of drug-likeness (QED) is 0.362. The molecule has 2 rings (SSSR count). The molecule has 0 aliphatic carbocycles. The highest BCUT2D eigenvalue weighted by Crippen LogP contribution is 1.91. The zero-order valence-corrected chi connectivity index (χ0v) is 5.83. The fourth-order valence-corrected chi connectivity index (χ4v) is 1.19. The molecule has 1 heterocycles. The van der Waals surface area contributed by atoms with Crippen molar-refractivity contribution < 1.29 is 0 Å². The van der Waals surface area contributed by atoms with Gasteiger partial charge in [-0.2, -0.15) is 4.58 Å².